The van der Waals surface area contributed by atoms with E-state index in [1.54, 1.807) is 6.07 Å². The van der Waals surface area contributed by atoms with Crippen LogP contribution in [-0.2, 0) is 12.6 Å². The molecule has 4 nitrogen and oxygen atoms in total. The zero-order valence-corrected chi connectivity index (χ0v) is 11.4. The molecule has 1 fully saturated rings. The Bertz CT molecular complexity index is 497. The van der Waals surface area contributed by atoms with Crippen molar-refractivity contribution >= 4 is 6.09 Å². The number of hydrogen-bond acceptors (Lipinski definition) is 2. The predicted molar refractivity (Wildman–Crippen MR) is 71.2 cm³/mol. The summed E-state index contributed by atoms with van der Waals surface area (Å²) in [4.78, 5) is 14.2. The van der Waals surface area contributed by atoms with Crippen LogP contribution in [0.2, 0.25) is 0 Å². The molecule has 116 valence electrons. The molecule has 1 aliphatic rings. The van der Waals surface area contributed by atoms with Gasteiger partial charge in [0.15, 0.2) is 0 Å². The van der Waals surface area contributed by atoms with Crippen molar-refractivity contribution in [3.8, 4) is 0 Å². The Morgan fingerprint density at radius 1 is 1.19 bits per heavy atom. The Kier molecular flexibility index (Phi) is 4.72. The summed E-state index contributed by atoms with van der Waals surface area (Å²) in [5.41, 5.74) is 0.0150. The quantitative estimate of drug-likeness (QED) is 0.933. The molecule has 1 aromatic carbocycles. The third-order valence-corrected chi connectivity index (χ3v) is 3.61. The highest BCUT2D eigenvalue weighted by Gasteiger charge is 2.30. The van der Waals surface area contributed by atoms with Crippen LogP contribution < -0.4 is 0 Å². The molecule has 0 saturated carbocycles. The maximum atomic E-state index is 12.6. The van der Waals surface area contributed by atoms with Crippen molar-refractivity contribution in [2.45, 2.75) is 12.6 Å². The molecule has 7 heteroatoms. The monoisotopic (exact) mass is 302 g/mol. The minimum Gasteiger partial charge on any atom is -0.465 e. The summed E-state index contributed by atoms with van der Waals surface area (Å²) < 4.78 is 37.8. The highest BCUT2D eigenvalue weighted by atomic mass is 19.4. The van der Waals surface area contributed by atoms with Crippen LogP contribution in [0.4, 0.5) is 18.0 Å². The van der Waals surface area contributed by atoms with Crippen molar-refractivity contribution < 1.29 is 23.1 Å². The molecule has 1 N–H and O–H groups in total. The van der Waals surface area contributed by atoms with Crippen molar-refractivity contribution in [1.29, 1.82) is 0 Å². The lowest BCUT2D eigenvalue weighted by Gasteiger charge is -2.33. The minimum absolute atomic E-state index is 0.442. The van der Waals surface area contributed by atoms with E-state index in [0.717, 1.165) is 6.07 Å². The molecule has 21 heavy (non-hydrogen) atoms. The number of carbonyl (C=O) groups is 1. The first-order valence-electron chi connectivity index (χ1n) is 6.72. The average molecular weight is 302 g/mol. The molecule has 0 radical (unpaired) electrons. The van der Waals surface area contributed by atoms with Crippen LogP contribution in [0, 0.1) is 0 Å². The van der Waals surface area contributed by atoms with Gasteiger partial charge in [-0.25, -0.2) is 4.79 Å². The summed E-state index contributed by atoms with van der Waals surface area (Å²) >= 11 is 0. The normalized spacial score (nSPS) is 17.0. The topological polar surface area (TPSA) is 43.8 Å². The van der Waals surface area contributed by atoms with Crippen molar-refractivity contribution in [2.75, 3.05) is 32.7 Å². The largest absolute Gasteiger partial charge is 0.465 e. The molecule has 0 aromatic heterocycles. The molecule has 1 aromatic rings. The van der Waals surface area contributed by atoms with Gasteiger partial charge >= 0.3 is 12.3 Å². The summed E-state index contributed by atoms with van der Waals surface area (Å²) in [6.45, 7) is 2.75. The standard InChI is InChI=1S/C14H17F3N2O2/c15-14(16,17)12-3-1-2-11(10-12)4-5-18-6-8-19(9-7-18)13(20)21/h1-3,10H,4-9H2,(H,20,21). The van der Waals surface area contributed by atoms with Crippen LogP contribution in [0.15, 0.2) is 24.3 Å². The summed E-state index contributed by atoms with van der Waals surface area (Å²) in [7, 11) is 0. The molecule has 0 aliphatic carbocycles. The minimum atomic E-state index is -4.32. The first kappa shape index (κ1) is 15.6. The van der Waals surface area contributed by atoms with Gasteiger partial charge in [0.2, 0.25) is 0 Å². The van der Waals surface area contributed by atoms with Crippen molar-refractivity contribution in [1.82, 2.24) is 9.80 Å². The van der Waals surface area contributed by atoms with Crippen molar-refractivity contribution in [3.63, 3.8) is 0 Å². The van der Waals surface area contributed by atoms with Crippen molar-refractivity contribution in [2.24, 2.45) is 0 Å². The molecule has 2 rings (SSSR count). The Morgan fingerprint density at radius 2 is 1.86 bits per heavy atom. The molecule has 0 bridgehead atoms. The predicted octanol–water partition coefficient (Wildman–Crippen LogP) is 2.54. The van der Waals surface area contributed by atoms with Gasteiger partial charge < -0.3 is 10.0 Å². The fourth-order valence-corrected chi connectivity index (χ4v) is 2.35. The Hall–Kier alpha value is -1.76. The molecule has 0 spiro atoms. The van der Waals surface area contributed by atoms with E-state index in [4.69, 9.17) is 5.11 Å². The fourth-order valence-electron chi connectivity index (χ4n) is 2.35. The third kappa shape index (κ3) is 4.35. The molecule has 1 saturated heterocycles. The van der Waals surface area contributed by atoms with Gasteiger partial charge in [0.25, 0.3) is 0 Å². The van der Waals surface area contributed by atoms with Crippen LogP contribution in [0.3, 0.4) is 0 Å². The SMILES string of the molecule is O=C(O)N1CCN(CCc2cccc(C(F)(F)F)c2)CC1. The molecule has 1 amide bonds. The summed E-state index contributed by atoms with van der Waals surface area (Å²) in [6.07, 6.45) is -4.72. The van der Waals surface area contributed by atoms with Crippen LogP contribution in [0.25, 0.3) is 0 Å². The molecule has 1 aliphatic heterocycles. The molecule has 0 atom stereocenters. The van der Waals surface area contributed by atoms with E-state index in [1.807, 2.05) is 0 Å². The Balaban J connectivity index is 1.85. The number of piperazine rings is 1. The van der Waals surface area contributed by atoms with Gasteiger partial charge in [0, 0.05) is 32.7 Å². The highest BCUT2D eigenvalue weighted by Crippen LogP contribution is 2.29. The second-order valence-electron chi connectivity index (χ2n) is 5.06. The molecular weight excluding hydrogens is 285 g/mol. The number of nitrogens with zero attached hydrogens (tertiary/aromatic N) is 2. The third-order valence-electron chi connectivity index (χ3n) is 3.61. The van der Waals surface area contributed by atoms with Gasteiger partial charge in [0.05, 0.1) is 5.56 Å². The lowest BCUT2D eigenvalue weighted by atomic mass is 10.1. The average Bonchev–Trinajstić information content (AvgIpc) is 2.45. The van der Waals surface area contributed by atoms with E-state index in [9.17, 15) is 18.0 Å². The van der Waals surface area contributed by atoms with Gasteiger partial charge in [-0.2, -0.15) is 13.2 Å². The first-order chi connectivity index (χ1) is 9.86. The summed E-state index contributed by atoms with van der Waals surface area (Å²) in [6, 6.07) is 5.34. The molecule has 0 unspecified atom stereocenters. The molecule has 1 heterocycles. The second kappa shape index (κ2) is 6.34. The summed E-state index contributed by atoms with van der Waals surface area (Å²) in [5, 5.41) is 8.84. The summed E-state index contributed by atoms with van der Waals surface area (Å²) in [5.74, 6) is 0. The Morgan fingerprint density at radius 3 is 2.43 bits per heavy atom. The van der Waals surface area contributed by atoms with E-state index in [1.165, 1.54) is 17.0 Å². The van der Waals surface area contributed by atoms with Gasteiger partial charge in [-0.3, -0.25) is 4.90 Å². The lowest BCUT2D eigenvalue weighted by molar-refractivity contribution is -0.137. The van der Waals surface area contributed by atoms with Gasteiger partial charge in [-0.1, -0.05) is 18.2 Å². The first-order valence-corrected chi connectivity index (χ1v) is 6.72. The lowest BCUT2D eigenvalue weighted by Crippen LogP contribution is -2.48. The maximum Gasteiger partial charge on any atom is 0.416 e. The van der Waals surface area contributed by atoms with Crippen LogP contribution in [0.1, 0.15) is 11.1 Å². The maximum absolute atomic E-state index is 12.6. The van der Waals surface area contributed by atoms with E-state index in [0.29, 0.717) is 44.7 Å². The number of rotatable bonds is 3. The van der Waals surface area contributed by atoms with Gasteiger partial charge in [-0.15, -0.1) is 0 Å². The van der Waals surface area contributed by atoms with Crippen LogP contribution >= 0.6 is 0 Å². The second-order valence-corrected chi connectivity index (χ2v) is 5.06. The highest BCUT2D eigenvalue weighted by molar-refractivity contribution is 5.65. The van der Waals surface area contributed by atoms with Crippen molar-refractivity contribution in [3.05, 3.63) is 35.4 Å². The van der Waals surface area contributed by atoms with Gasteiger partial charge in [0.1, 0.15) is 0 Å². The Labute approximate surface area is 120 Å². The smallest absolute Gasteiger partial charge is 0.416 e. The number of benzene rings is 1. The fraction of sp³-hybridized carbons (Fsp3) is 0.500. The number of carboxylic acid groups (broad SMARTS) is 1. The van der Waals surface area contributed by atoms with Crippen LogP contribution in [0.5, 0.6) is 0 Å². The van der Waals surface area contributed by atoms with Crippen LogP contribution in [-0.4, -0.2) is 53.7 Å². The van der Waals surface area contributed by atoms with E-state index >= 15 is 0 Å². The van der Waals surface area contributed by atoms with E-state index in [-0.39, 0.29) is 0 Å². The van der Waals surface area contributed by atoms with Gasteiger partial charge in [-0.05, 0) is 18.1 Å². The van der Waals surface area contributed by atoms with E-state index < -0.39 is 17.8 Å². The zero-order chi connectivity index (χ0) is 15.5. The number of halogens is 3. The number of hydrogen-bond donors (Lipinski definition) is 1. The zero-order valence-electron chi connectivity index (χ0n) is 11.4. The number of amides is 1. The van der Waals surface area contributed by atoms with E-state index in [2.05, 4.69) is 4.90 Å². The molecular formula is C14H17F3N2O2. The number of alkyl halides is 3.